The van der Waals surface area contributed by atoms with Crippen molar-refractivity contribution in [2.75, 3.05) is 19.0 Å². The lowest BCUT2D eigenvalue weighted by Gasteiger charge is -2.13. The molecule has 1 N–H and O–H groups in total. The Kier molecular flexibility index (Phi) is 6.04. The van der Waals surface area contributed by atoms with Crippen molar-refractivity contribution in [3.8, 4) is 5.88 Å². The second-order valence-corrected chi connectivity index (χ2v) is 5.31. The predicted octanol–water partition coefficient (Wildman–Crippen LogP) is 3.72. The summed E-state index contributed by atoms with van der Waals surface area (Å²) in [4.78, 5) is 27.6. The van der Waals surface area contributed by atoms with Gasteiger partial charge in [-0.3, -0.25) is 4.79 Å². The minimum Gasteiger partial charge on any atom is -0.467 e. The number of alkyl halides is 3. The van der Waals surface area contributed by atoms with Crippen LogP contribution < -0.4 is 10.1 Å². The molecule has 2 aromatic rings. The molecule has 1 heterocycles. The summed E-state index contributed by atoms with van der Waals surface area (Å²) in [6.07, 6.45) is -3.39. The minimum absolute atomic E-state index is 0.0743. The average molecular weight is 389 g/mol. The van der Waals surface area contributed by atoms with E-state index in [1.54, 1.807) is 0 Å². The van der Waals surface area contributed by atoms with E-state index in [9.17, 15) is 22.8 Å². The van der Waals surface area contributed by atoms with Crippen LogP contribution in [0.4, 0.5) is 18.9 Å². The molecule has 1 aromatic carbocycles. The highest BCUT2D eigenvalue weighted by Crippen LogP contribution is 2.26. The lowest BCUT2D eigenvalue weighted by atomic mass is 10.2. The molecular weight excluding hydrogens is 377 g/mol. The quantitative estimate of drug-likeness (QED) is 0.790. The van der Waals surface area contributed by atoms with Gasteiger partial charge in [0.2, 0.25) is 5.88 Å². The average Bonchev–Trinajstić information content (AvgIpc) is 2.60. The molecule has 0 aliphatic heterocycles. The topological polar surface area (TPSA) is 77.5 Å². The molecular formula is C16H12ClF3N2O4. The van der Waals surface area contributed by atoms with Crippen LogP contribution in [0.5, 0.6) is 5.88 Å². The number of nitrogens with one attached hydrogen (secondary N) is 1. The fraction of sp³-hybridized carbons (Fsp3) is 0.188. The number of amides is 1. The Balaban J connectivity index is 2.24. The maximum Gasteiger partial charge on any atom is 0.422 e. The van der Waals surface area contributed by atoms with Crippen molar-refractivity contribution in [1.29, 1.82) is 0 Å². The van der Waals surface area contributed by atoms with E-state index in [1.165, 1.54) is 43.6 Å². The Morgan fingerprint density at radius 1 is 1.27 bits per heavy atom. The third kappa shape index (κ3) is 5.09. The van der Waals surface area contributed by atoms with Crippen LogP contribution in [0.2, 0.25) is 5.02 Å². The molecule has 10 heteroatoms. The van der Waals surface area contributed by atoms with E-state index >= 15 is 0 Å². The number of hydrogen-bond acceptors (Lipinski definition) is 5. The zero-order valence-electron chi connectivity index (χ0n) is 13.3. The van der Waals surface area contributed by atoms with Crippen molar-refractivity contribution in [3.05, 3.63) is 52.7 Å². The molecule has 1 aromatic heterocycles. The van der Waals surface area contributed by atoms with Gasteiger partial charge in [-0.1, -0.05) is 11.6 Å². The first kappa shape index (κ1) is 19.5. The van der Waals surface area contributed by atoms with Gasteiger partial charge < -0.3 is 14.8 Å². The van der Waals surface area contributed by atoms with Crippen molar-refractivity contribution >= 4 is 29.2 Å². The van der Waals surface area contributed by atoms with Crippen LogP contribution in [0, 0.1) is 0 Å². The fourth-order valence-electron chi connectivity index (χ4n) is 1.88. The van der Waals surface area contributed by atoms with Gasteiger partial charge in [0.1, 0.15) is 5.56 Å². The maximum atomic E-state index is 12.4. The smallest absolute Gasteiger partial charge is 0.422 e. The highest BCUT2D eigenvalue weighted by atomic mass is 35.5. The molecule has 0 spiro atoms. The number of anilines is 1. The van der Waals surface area contributed by atoms with Crippen LogP contribution in [0.1, 0.15) is 20.7 Å². The van der Waals surface area contributed by atoms with Crippen molar-refractivity contribution in [1.82, 2.24) is 4.98 Å². The van der Waals surface area contributed by atoms with Crippen LogP contribution in [0.3, 0.4) is 0 Å². The molecule has 6 nitrogen and oxygen atoms in total. The summed E-state index contributed by atoms with van der Waals surface area (Å²) >= 11 is 5.97. The van der Waals surface area contributed by atoms with E-state index in [0.29, 0.717) is 0 Å². The second kappa shape index (κ2) is 8.05. The first-order chi connectivity index (χ1) is 12.2. The van der Waals surface area contributed by atoms with Gasteiger partial charge in [0.25, 0.3) is 5.91 Å². The van der Waals surface area contributed by atoms with Crippen molar-refractivity contribution in [2.45, 2.75) is 6.18 Å². The van der Waals surface area contributed by atoms with Crippen LogP contribution in [0.15, 0.2) is 36.5 Å². The van der Waals surface area contributed by atoms with Gasteiger partial charge in [-0.25, -0.2) is 9.78 Å². The summed E-state index contributed by atoms with van der Waals surface area (Å²) in [5.41, 5.74) is -0.0200. The third-order valence-electron chi connectivity index (χ3n) is 3.02. The molecule has 0 saturated carbocycles. The molecule has 0 fully saturated rings. The summed E-state index contributed by atoms with van der Waals surface area (Å²) in [6.45, 7) is -1.59. The first-order valence-electron chi connectivity index (χ1n) is 7.05. The molecule has 0 aliphatic rings. The number of carbonyl (C=O) groups is 2. The Bertz CT molecular complexity index is 827. The standard InChI is InChI=1S/C16H12ClF3N2O4/c1-25-15(24)9-4-5-11(17)12(7-9)22-13(23)10-3-2-6-21-14(10)26-8-16(18,19)20/h2-7H,8H2,1H3,(H,22,23). The number of benzene rings is 1. The molecule has 1 amide bonds. The number of pyridine rings is 1. The number of methoxy groups -OCH3 is 1. The number of ether oxygens (including phenoxy) is 2. The first-order valence-corrected chi connectivity index (χ1v) is 7.43. The van der Waals surface area contributed by atoms with Crippen molar-refractivity contribution in [2.24, 2.45) is 0 Å². The molecule has 138 valence electrons. The van der Waals surface area contributed by atoms with Gasteiger partial charge >= 0.3 is 12.1 Å². The minimum atomic E-state index is -4.58. The van der Waals surface area contributed by atoms with Crippen LogP contribution in [-0.2, 0) is 4.74 Å². The normalized spacial score (nSPS) is 11.0. The highest BCUT2D eigenvalue weighted by molar-refractivity contribution is 6.34. The van der Waals surface area contributed by atoms with Gasteiger partial charge in [-0.2, -0.15) is 13.2 Å². The van der Waals surface area contributed by atoms with E-state index < -0.39 is 30.5 Å². The highest BCUT2D eigenvalue weighted by Gasteiger charge is 2.29. The molecule has 26 heavy (non-hydrogen) atoms. The number of carbonyl (C=O) groups excluding carboxylic acids is 2. The third-order valence-corrected chi connectivity index (χ3v) is 3.35. The second-order valence-electron chi connectivity index (χ2n) is 4.90. The monoisotopic (exact) mass is 388 g/mol. The maximum absolute atomic E-state index is 12.4. The lowest BCUT2D eigenvalue weighted by molar-refractivity contribution is -0.154. The Morgan fingerprint density at radius 2 is 2.00 bits per heavy atom. The van der Waals surface area contributed by atoms with E-state index in [1.807, 2.05) is 0 Å². The Morgan fingerprint density at radius 3 is 2.65 bits per heavy atom. The van der Waals surface area contributed by atoms with Crippen LogP contribution >= 0.6 is 11.6 Å². The summed E-state index contributed by atoms with van der Waals surface area (Å²) in [7, 11) is 1.19. The van der Waals surface area contributed by atoms with Gasteiger partial charge in [0.05, 0.1) is 23.4 Å². The fourth-order valence-corrected chi connectivity index (χ4v) is 2.05. The van der Waals surface area contributed by atoms with Gasteiger partial charge in [-0.15, -0.1) is 0 Å². The molecule has 2 rings (SSSR count). The zero-order valence-corrected chi connectivity index (χ0v) is 14.0. The molecule has 0 unspecified atom stereocenters. The van der Waals surface area contributed by atoms with E-state index in [-0.39, 0.29) is 21.8 Å². The molecule has 0 bridgehead atoms. The van der Waals surface area contributed by atoms with Crippen LogP contribution in [-0.4, -0.2) is 36.8 Å². The molecule has 0 saturated heterocycles. The Hall–Kier alpha value is -2.81. The number of esters is 1. The van der Waals surface area contributed by atoms with E-state index in [0.717, 1.165) is 0 Å². The number of halogens is 4. The van der Waals surface area contributed by atoms with Crippen molar-refractivity contribution < 1.29 is 32.2 Å². The zero-order chi connectivity index (χ0) is 19.3. The predicted molar refractivity (Wildman–Crippen MR) is 86.5 cm³/mol. The van der Waals surface area contributed by atoms with Crippen molar-refractivity contribution in [3.63, 3.8) is 0 Å². The summed E-state index contributed by atoms with van der Waals surface area (Å²) in [5, 5.41) is 2.52. The number of hydrogen-bond donors (Lipinski definition) is 1. The summed E-state index contributed by atoms with van der Waals surface area (Å²) in [5.74, 6) is -1.94. The number of rotatable bonds is 5. The molecule has 0 aliphatic carbocycles. The van der Waals surface area contributed by atoms with Gasteiger partial charge in [-0.05, 0) is 30.3 Å². The summed E-state index contributed by atoms with van der Waals surface area (Å²) < 4.78 is 46.1. The van der Waals surface area contributed by atoms with Gasteiger partial charge in [0.15, 0.2) is 6.61 Å². The van der Waals surface area contributed by atoms with Crippen LogP contribution in [0.25, 0.3) is 0 Å². The Labute approximate surface area is 150 Å². The SMILES string of the molecule is COC(=O)c1ccc(Cl)c(NC(=O)c2cccnc2OCC(F)(F)F)c1. The van der Waals surface area contributed by atoms with E-state index in [2.05, 4.69) is 19.8 Å². The van der Waals surface area contributed by atoms with Gasteiger partial charge in [0, 0.05) is 6.20 Å². The largest absolute Gasteiger partial charge is 0.467 e. The lowest BCUT2D eigenvalue weighted by Crippen LogP contribution is -2.22. The molecule has 0 atom stereocenters. The van der Waals surface area contributed by atoms with E-state index in [4.69, 9.17) is 11.6 Å². The number of nitrogens with zero attached hydrogens (tertiary/aromatic N) is 1. The summed E-state index contributed by atoms with van der Waals surface area (Å²) in [6, 6.07) is 6.64. The number of aromatic nitrogens is 1. The molecule has 0 radical (unpaired) electrons.